The molecule has 0 unspecified atom stereocenters. The summed E-state index contributed by atoms with van der Waals surface area (Å²) in [4.78, 5) is 36.5. The molecule has 1 saturated heterocycles. The molecule has 6 heteroatoms. The van der Waals surface area contributed by atoms with Crippen molar-refractivity contribution in [2.45, 2.75) is 25.7 Å². The van der Waals surface area contributed by atoms with Gasteiger partial charge < -0.3 is 9.88 Å². The molecule has 1 fully saturated rings. The molecule has 0 aromatic carbocycles. The van der Waals surface area contributed by atoms with Crippen molar-refractivity contribution in [1.82, 2.24) is 19.9 Å². The molecule has 114 valence electrons. The number of piperidine rings is 1. The van der Waals surface area contributed by atoms with Gasteiger partial charge in [0.05, 0.1) is 17.0 Å². The predicted molar refractivity (Wildman–Crippen MR) is 81.7 cm³/mol. The van der Waals surface area contributed by atoms with Crippen molar-refractivity contribution in [3.05, 3.63) is 58.0 Å². The van der Waals surface area contributed by atoms with Gasteiger partial charge in [-0.15, -0.1) is 0 Å². The highest BCUT2D eigenvalue weighted by Crippen LogP contribution is 2.26. The number of hydrogen-bond acceptors (Lipinski definition) is 4. The molecule has 2 aromatic heterocycles. The average molecular weight is 298 g/mol. The minimum Gasteiger partial charge on any atom is -0.339 e. The van der Waals surface area contributed by atoms with Crippen LogP contribution in [-0.2, 0) is 0 Å². The molecule has 22 heavy (non-hydrogen) atoms. The van der Waals surface area contributed by atoms with Crippen LogP contribution in [0.5, 0.6) is 0 Å². The van der Waals surface area contributed by atoms with Gasteiger partial charge in [-0.25, -0.2) is 0 Å². The van der Waals surface area contributed by atoms with Crippen molar-refractivity contribution in [3.8, 4) is 0 Å². The van der Waals surface area contributed by atoms with Gasteiger partial charge in [-0.05, 0) is 25.8 Å². The Morgan fingerprint density at radius 3 is 2.68 bits per heavy atom. The van der Waals surface area contributed by atoms with Gasteiger partial charge in [-0.3, -0.25) is 19.6 Å². The van der Waals surface area contributed by atoms with E-state index in [-0.39, 0.29) is 11.5 Å². The number of nitrogens with one attached hydrogen (secondary N) is 1. The van der Waals surface area contributed by atoms with Crippen molar-refractivity contribution >= 4 is 5.91 Å². The molecule has 3 heterocycles. The zero-order valence-electron chi connectivity index (χ0n) is 12.5. The summed E-state index contributed by atoms with van der Waals surface area (Å²) in [6.45, 7) is 3.32. The second-order valence-electron chi connectivity index (χ2n) is 5.59. The Morgan fingerprint density at radius 1 is 1.27 bits per heavy atom. The average Bonchev–Trinajstić information content (AvgIpc) is 2.55. The second-order valence-corrected chi connectivity index (χ2v) is 5.59. The zero-order valence-corrected chi connectivity index (χ0v) is 12.5. The normalized spacial score (nSPS) is 15.8. The van der Waals surface area contributed by atoms with Gasteiger partial charge in [0.25, 0.3) is 5.91 Å². The van der Waals surface area contributed by atoms with E-state index in [2.05, 4.69) is 15.0 Å². The van der Waals surface area contributed by atoms with Crippen LogP contribution in [0.2, 0.25) is 0 Å². The molecule has 1 amide bonds. The molecular weight excluding hydrogens is 280 g/mol. The highest BCUT2D eigenvalue weighted by Gasteiger charge is 2.25. The van der Waals surface area contributed by atoms with E-state index < -0.39 is 0 Å². The first kappa shape index (κ1) is 14.4. The number of aryl methyl sites for hydroxylation is 1. The number of likely N-dealkylation sites (tertiary alicyclic amines) is 1. The van der Waals surface area contributed by atoms with Gasteiger partial charge in [0, 0.05) is 43.7 Å². The standard InChI is InChI=1S/C16H18N4O2/c1-11-8-17-10-14(19-11)12-4-6-20(7-5-12)16(22)13-2-3-15(21)18-9-13/h2-3,8-10,12H,4-7H2,1H3,(H,18,21). The zero-order chi connectivity index (χ0) is 15.5. The van der Waals surface area contributed by atoms with Crippen molar-refractivity contribution in [2.24, 2.45) is 0 Å². The van der Waals surface area contributed by atoms with Crippen LogP contribution in [0.15, 0.2) is 35.5 Å². The number of nitrogens with zero attached hydrogens (tertiary/aromatic N) is 3. The molecule has 6 nitrogen and oxygen atoms in total. The van der Waals surface area contributed by atoms with E-state index in [0.29, 0.717) is 24.6 Å². The molecule has 0 saturated carbocycles. The first-order valence-corrected chi connectivity index (χ1v) is 7.40. The summed E-state index contributed by atoms with van der Waals surface area (Å²) in [6, 6.07) is 2.95. The van der Waals surface area contributed by atoms with Gasteiger partial charge in [0.15, 0.2) is 0 Å². The van der Waals surface area contributed by atoms with Gasteiger partial charge in [0.2, 0.25) is 5.56 Å². The summed E-state index contributed by atoms with van der Waals surface area (Å²) >= 11 is 0. The van der Waals surface area contributed by atoms with Crippen molar-refractivity contribution in [3.63, 3.8) is 0 Å². The summed E-state index contributed by atoms with van der Waals surface area (Å²) in [5.74, 6) is 0.317. The Balaban J connectivity index is 1.65. The Morgan fingerprint density at radius 2 is 2.05 bits per heavy atom. The number of carbonyl (C=O) groups is 1. The van der Waals surface area contributed by atoms with Crippen molar-refractivity contribution in [2.75, 3.05) is 13.1 Å². The van der Waals surface area contributed by atoms with Crippen LogP contribution in [0.4, 0.5) is 0 Å². The maximum absolute atomic E-state index is 12.4. The number of pyridine rings is 1. The third kappa shape index (κ3) is 3.05. The molecule has 0 radical (unpaired) electrons. The Bertz CT molecular complexity index is 712. The summed E-state index contributed by atoms with van der Waals surface area (Å²) in [5.41, 5.74) is 2.25. The van der Waals surface area contributed by atoms with Crippen LogP contribution in [0.1, 0.15) is 40.5 Å². The van der Waals surface area contributed by atoms with Crippen LogP contribution in [-0.4, -0.2) is 38.8 Å². The topological polar surface area (TPSA) is 79.0 Å². The fraction of sp³-hybridized carbons (Fsp3) is 0.375. The summed E-state index contributed by atoms with van der Waals surface area (Å²) < 4.78 is 0. The highest BCUT2D eigenvalue weighted by molar-refractivity contribution is 5.93. The first-order chi connectivity index (χ1) is 10.6. The Labute approximate surface area is 128 Å². The summed E-state index contributed by atoms with van der Waals surface area (Å²) in [6.07, 6.45) is 6.80. The van der Waals surface area contributed by atoms with Gasteiger partial charge in [-0.1, -0.05) is 0 Å². The number of carbonyl (C=O) groups excluding carboxylic acids is 1. The quantitative estimate of drug-likeness (QED) is 0.911. The molecular formula is C16H18N4O2. The number of hydrogen-bond donors (Lipinski definition) is 1. The van der Waals surface area contributed by atoms with E-state index in [4.69, 9.17) is 0 Å². The number of amides is 1. The third-order valence-electron chi connectivity index (χ3n) is 4.01. The highest BCUT2D eigenvalue weighted by atomic mass is 16.2. The molecule has 0 spiro atoms. The van der Waals surface area contributed by atoms with Crippen LogP contribution in [0, 0.1) is 6.92 Å². The molecule has 2 aromatic rings. The number of rotatable bonds is 2. The smallest absolute Gasteiger partial charge is 0.255 e. The lowest BCUT2D eigenvalue weighted by Gasteiger charge is -2.31. The molecule has 1 N–H and O–H groups in total. The van der Waals surface area contributed by atoms with E-state index in [9.17, 15) is 9.59 Å². The summed E-state index contributed by atoms with van der Waals surface area (Å²) in [5, 5.41) is 0. The molecule has 0 aliphatic carbocycles. The lowest BCUT2D eigenvalue weighted by molar-refractivity contribution is 0.0711. The van der Waals surface area contributed by atoms with Crippen molar-refractivity contribution in [1.29, 1.82) is 0 Å². The molecule has 3 rings (SSSR count). The van der Waals surface area contributed by atoms with Gasteiger partial charge in [-0.2, -0.15) is 0 Å². The lowest BCUT2D eigenvalue weighted by Crippen LogP contribution is -2.38. The maximum Gasteiger partial charge on any atom is 0.255 e. The second kappa shape index (κ2) is 6.09. The Hall–Kier alpha value is -2.50. The minimum atomic E-state index is -0.201. The van der Waals surface area contributed by atoms with Crippen LogP contribution in [0.3, 0.4) is 0 Å². The van der Waals surface area contributed by atoms with Crippen LogP contribution in [0.25, 0.3) is 0 Å². The largest absolute Gasteiger partial charge is 0.339 e. The predicted octanol–water partition coefficient (Wildman–Crippen LogP) is 1.49. The monoisotopic (exact) mass is 298 g/mol. The van der Waals surface area contributed by atoms with E-state index in [1.54, 1.807) is 12.3 Å². The molecule has 1 aliphatic heterocycles. The number of H-pyrrole nitrogens is 1. The molecule has 1 aliphatic rings. The van der Waals surface area contributed by atoms with E-state index in [0.717, 1.165) is 24.2 Å². The van der Waals surface area contributed by atoms with Crippen LogP contribution < -0.4 is 5.56 Å². The first-order valence-electron chi connectivity index (χ1n) is 7.40. The number of aromatic nitrogens is 3. The van der Waals surface area contributed by atoms with Gasteiger partial charge in [0.1, 0.15) is 0 Å². The van der Waals surface area contributed by atoms with E-state index in [1.165, 1.54) is 12.3 Å². The van der Waals surface area contributed by atoms with Gasteiger partial charge >= 0.3 is 0 Å². The third-order valence-corrected chi connectivity index (χ3v) is 4.01. The molecule has 0 bridgehead atoms. The fourth-order valence-electron chi connectivity index (χ4n) is 2.78. The summed E-state index contributed by atoms with van der Waals surface area (Å²) in [7, 11) is 0. The fourth-order valence-corrected chi connectivity index (χ4v) is 2.78. The number of aromatic amines is 1. The SMILES string of the molecule is Cc1cncc(C2CCN(C(=O)c3ccc(=O)[nH]c3)CC2)n1. The maximum atomic E-state index is 12.4. The lowest BCUT2D eigenvalue weighted by atomic mass is 9.93. The molecule has 0 atom stereocenters. The van der Waals surface area contributed by atoms with Crippen LogP contribution >= 0.6 is 0 Å². The van der Waals surface area contributed by atoms with Crippen molar-refractivity contribution < 1.29 is 4.79 Å². The van der Waals surface area contributed by atoms with E-state index in [1.807, 2.05) is 18.0 Å². The Kier molecular flexibility index (Phi) is 4.00. The van der Waals surface area contributed by atoms with E-state index >= 15 is 0 Å². The minimum absolute atomic E-state index is 0.0370.